The minimum absolute atomic E-state index is 0.146. The molecule has 0 unspecified atom stereocenters. The molecule has 2 aromatic rings. The van der Waals surface area contributed by atoms with Crippen LogP contribution in [0.15, 0.2) is 24.5 Å². The first kappa shape index (κ1) is 9.25. The molecule has 14 heavy (non-hydrogen) atoms. The highest BCUT2D eigenvalue weighted by atomic mass is 19.1. The Morgan fingerprint density at radius 2 is 1.93 bits per heavy atom. The van der Waals surface area contributed by atoms with Gasteiger partial charge in [-0.2, -0.15) is 0 Å². The zero-order valence-electron chi connectivity index (χ0n) is 8.71. The third kappa shape index (κ3) is 1.41. The van der Waals surface area contributed by atoms with E-state index in [0.717, 1.165) is 16.3 Å². The Kier molecular flexibility index (Phi) is 2.06. The third-order valence-corrected chi connectivity index (χ3v) is 2.51. The van der Waals surface area contributed by atoms with Crippen LogP contribution in [-0.4, -0.2) is 4.57 Å². The van der Waals surface area contributed by atoms with Gasteiger partial charge in [-0.1, -0.05) is 13.8 Å². The average molecular weight is 191 g/mol. The van der Waals surface area contributed by atoms with E-state index in [1.54, 1.807) is 12.1 Å². The molecule has 1 heterocycles. The van der Waals surface area contributed by atoms with Gasteiger partial charge < -0.3 is 4.57 Å². The van der Waals surface area contributed by atoms with Gasteiger partial charge in [-0.3, -0.25) is 0 Å². The number of aryl methyl sites for hydroxylation is 1. The second-order valence-corrected chi connectivity index (χ2v) is 4.08. The van der Waals surface area contributed by atoms with Gasteiger partial charge in [0, 0.05) is 30.2 Å². The van der Waals surface area contributed by atoms with Crippen LogP contribution in [0.1, 0.15) is 25.3 Å². The minimum Gasteiger partial charge on any atom is -0.356 e. The summed E-state index contributed by atoms with van der Waals surface area (Å²) in [6.45, 7) is 4.17. The highest BCUT2D eigenvalue weighted by molar-refractivity contribution is 5.86. The summed E-state index contributed by atoms with van der Waals surface area (Å²) in [5.41, 5.74) is 1.08. The van der Waals surface area contributed by atoms with Gasteiger partial charge in [0.05, 0.1) is 0 Å². The summed E-state index contributed by atoms with van der Waals surface area (Å²) in [5.74, 6) is 0.211. The Hall–Kier alpha value is -1.31. The Labute approximate surface area is 83.2 Å². The fourth-order valence-electron chi connectivity index (χ4n) is 1.85. The van der Waals surface area contributed by atoms with Gasteiger partial charge >= 0.3 is 0 Å². The van der Waals surface area contributed by atoms with Crippen LogP contribution in [0, 0.1) is 5.82 Å². The SMILES string of the molecule is CC(C)c1cc(F)cc2cn(C)cc12. The molecule has 2 heteroatoms. The lowest BCUT2D eigenvalue weighted by molar-refractivity contribution is 0.626. The maximum absolute atomic E-state index is 13.3. The van der Waals surface area contributed by atoms with Crippen LogP contribution >= 0.6 is 0 Å². The molecule has 0 bridgehead atoms. The van der Waals surface area contributed by atoms with Gasteiger partial charge in [0.15, 0.2) is 0 Å². The fourth-order valence-corrected chi connectivity index (χ4v) is 1.85. The van der Waals surface area contributed by atoms with Gasteiger partial charge in [-0.05, 0) is 23.6 Å². The number of nitrogens with zero attached hydrogens (tertiary/aromatic N) is 1. The van der Waals surface area contributed by atoms with Crippen molar-refractivity contribution in [3.63, 3.8) is 0 Å². The molecule has 0 saturated heterocycles. The molecule has 0 aliphatic rings. The highest BCUT2D eigenvalue weighted by Gasteiger charge is 2.08. The number of fused-ring (bicyclic) bond motifs is 1. The number of hydrogen-bond acceptors (Lipinski definition) is 0. The van der Waals surface area contributed by atoms with Crippen LogP contribution in [0.25, 0.3) is 10.8 Å². The van der Waals surface area contributed by atoms with E-state index in [0.29, 0.717) is 5.92 Å². The normalized spacial score (nSPS) is 11.5. The van der Waals surface area contributed by atoms with Gasteiger partial charge in [0.2, 0.25) is 0 Å². The van der Waals surface area contributed by atoms with Crippen LogP contribution in [0.5, 0.6) is 0 Å². The first-order valence-corrected chi connectivity index (χ1v) is 4.83. The second-order valence-electron chi connectivity index (χ2n) is 4.08. The predicted molar refractivity (Wildman–Crippen MR) is 57.0 cm³/mol. The average Bonchev–Trinajstić information content (AvgIpc) is 2.42. The van der Waals surface area contributed by atoms with Crippen molar-refractivity contribution in [2.45, 2.75) is 19.8 Å². The minimum atomic E-state index is -0.146. The van der Waals surface area contributed by atoms with E-state index in [1.807, 2.05) is 24.0 Å². The Balaban J connectivity index is 2.79. The van der Waals surface area contributed by atoms with Crippen molar-refractivity contribution in [1.82, 2.24) is 4.57 Å². The number of aromatic nitrogens is 1. The Morgan fingerprint density at radius 1 is 1.21 bits per heavy atom. The van der Waals surface area contributed by atoms with Crippen LogP contribution in [-0.2, 0) is 7.05 Å². The molecule has 0 aliphatic carbocycles. The van der Waals surface area contributed by atoms with Crippen molar-refractivity contribution < 1.29 is 4.39 Å². The van der Waals surface area contributed by atoms with Crippen molar-refractivity contribution >= 4 is 10.8 Å². The zero-order chi connectivity index (χ0) is 10.3. The molecule has 0 spiro atoms. The largest absolute Gasteiger partial charge is 0.356 e. The van der Waals surface area contributed by atoms with Gasteiger partial charge in [0.1, 0.15) is 5.82 Å². The first-order chi connectivity index (χ1) is 6.58. The molecule has 0 saturated carbocycles. The highest BCUT2D eigenvalue weighted by Crippen LogP contribution is 2.27. The maximum atomic E-state index is 13.3. The van der Waals surface area contributed by atoms with Crippen molar-refractivity contribution in [3.05, 3.63) is 35.9 Å². The van der Waals surface area contributed by atoms with E-state index in [1.165, 1.54) is 0 Å². The van der Waals surface area contributed by atoms with Crippen molar-refractivity contribution in [2.24, 2.45) is 7.05 Å². The smallest absolute Gasteiger partial charge is 0.124 e. The molecule has 0 radical (unpaired) electrons. The van der Waals surface area contributed by atoms with E-state index in [9.17, 15) is 4.39 Å². The molecule has 0 aliphatic heterocycles. The first-order valence-electron chi connectivity index (χ1n) is 4.83. The Morgan fingerprint density at radius 3 is 2.57 bits per heavy atom. The second kappa shape index (κ2) is 3.12. The van der Waals surface area contributed by atoms with E-state index in [-0.39, 0.29) is 5.82 Å². The summed E-state index contributed by atoms with van der Waals surface area (Å²) in [4.78, 5) is 0. The molecule has 74 valence electrons. The van der Waals surface area contributed by atoms with Crippen LogP contribution in [0.4, 0.5) is 4.39 Å². The predicted octanol–water partition coefficient (Wildman–Crippen LogP) is 3.44. The Bertz CT molecular complexity index is 468. The molecule has 2 rings (SSSR count). The molecule has 1 aromatic heterocycles. The lowest BCUT2D eigenvalue weighted by atomic mass is 9.99. The van der Waals surface area contributed by atoms with E-state index in [4.69, 9.17) is 0 Å². The topological polar surface area (TPSA) is 4.93 Å². The quantitative estimate of drug-likeness (QED) is 0.650. The lowest BCUT2D eigenvalue weighted by Crippen LogP contribution is -1.89. The summed E-state index contributed by atoms with van der Waals surface area (Å²) < 4.78 is 15.2. The molecule has 1 aromatic carbocycles. The summed E-state index contributed by atoms with van der Waals surface area (Å²) in [5, 5.41) is 2.14. The third-order valence-electron chi connectivity index (χ3n) is 2.51. The molecule has 0 atom stereocenters. The molecular weight excluding hydrogens is 177 g/mol. The number of rotatable bonds is 1. The van der Waals surface area contributed by atoms with Gasteiger partial charge in [-0.25, -0.2) is 4.39 Å². The van der Waals surface area contributed by atoms with Gasteiger partial charge in [-0.15, -0.1) is 0 Å². The molecule has 0 N–H and O–H groups in total. The monoisotopic (exact) mass is 191 g/mol. The molecular formula is C12H14FN. The van der Waals surface area contributed by atoms with E-state index >= 15 is 0 Å². The lowest BCUT2D eigenvalue weighted by Gasteiger charge is -2.06. The van der Waals surface area contributed by atoms with Crippen LogP contribution < -0.4 is 0 Å². The summed E-state index contributed by atoms with van der Waals surface area (Å²) in [6, 6.07) is 3.22. The summed E-state index contributed by atoms with van der Waals surface area (Å²) in [7, 11) is 1.96. The summed E-state index contributed by atoms with van der Waals surface area (Å²) >= 11 is 0. The van der Waals surface area contributed by atoms with Crippen molar-refractivity contribution in [1.29, 1.82) is 0 Å². The number of halogens is 1. The van der Waals surface area contributed by atoms with Crippen molar-refractivity contribution in [3.8, 4) is 0 Å². The zero-order valence-corrected chi connectivity index (χ0v) is 8.71. The summed E-state index contributed by atoms with van der Waals surface area (Å²) in [6.07, 6.45) is 3.99. The number of hydrogen-bond donors (Lipinski definition) is 0. The number of benzene rings is 1. The van der Waals surface area contributed by atoms with E-state index in [2.05, 4.69) is 13.8 Å². The standard InChI is InChI=1S/C12H14FN/c1-8(2)11-5-10(13)4-9-6-14(3)7-12(9)11/h4-8H,1-3H3. The van der Waals surface area contributed by atoms with Gasteiger partial charge in [0.25, 0.3) is 0 Å². The maximum Gasteiger partial charge on any atom is 0.124 e. The van der Waals surface area contributed by atoms with E-state index < -0.39 is 0 Å². The van der Waals surface area contributed by atoms with Crippen molar-refractivity contribution in [2.75, 3.05) is 0 Å². The van der Waals surface area contributed by atoms with Crippen LogP contribution in [0.3, 0.4) is 0 Å². The van der Waals surface area contributed by atoms with Crippen LogP contribution in [0.2, 0.25) is 0 Å². The molecule has 0 fully saturated rings. The molecule has 0 amide bonds. The fraction of sp³-hybridized carbons (Fsp3) is 0.333. The molecule has 1 nitrogen and oxygen atoms in total.